The summed E-state index contributed by atoms with van der Waals surface area (Å²) in [5, 5.41) is 8.98. The summed E-state index contributed by atoms with van der Waals surface area (Å²) in [6.07, 6.45) is 1.35. The van der Waals surface area contributed by atoms with Crippen LogP contribution in [0, 0.1) is 0 Å². The highest BCUT2D eigenvalue weighted by atomic mass is 35.5. The number of pyridine rings is 1. The van der Waals surface area contributed by atoms with E-state index in [2.05, 4.69) is 4.98 Å². The largest absolute Gasteiger partial charge is 0.478 e. The van der Waals surface area contributed by atoms with E-state index in [0.717, 1.165) is 5.69 Å². The van der Waals surface area contributed by atoms with Crippen LogP contribution in [-0.4, -0.2) is 30.2 Å². The predicted octanol–water partition coefficient (Wildman–Crippen LogP) is 3.29. The zero-order valence-corrected chi connectivity index (χ0v) is 11.8. The number of ether oxygens (including phenoxy) is 1. The summed E-state index contributed by atoms with van der Waals surface area (Å²) >= 11 is 5.98. The van der Waals surface area contributed by atoms with E-state index in [1.807, 2.05) is 37.2 Å². The number of hydrogen-bond acceptors (Lipinski definition) is 4. The second-order valence-electron chi connectivity index (χ2n) is 4.28. The molecule has 0 atom stereocenters. The predicted molar refractivity (Wildman–Crippen MR) is 77.0 cm³/mol. The molecule has 1 aromatic carbocycles. The Morgan fingerprint density at radius 1 is 1.35 bits per heavy atom. The Labute approximate surface area is 121 Å². The summed E-state index contributed by atoms with van der Waals surface area (Å²) in [7, 11) is 3.82. The third kappa shape index (κ3) is 3.00. The van der Waals surface area contributed by atoms with Crippen LogP contribution in [0.3, 0.4) is 0 Å². The molecule has 6 heteroatoms. The van der Waals surface area contributed by atoms with Crippen molar-refractivity contribution >= 4 is 23.3 Å². The molecule has 2 rings (SSSR count). The first-order valence-corrected chi connectivity index (χ1v) is 6.20. The minimum atomic E-state index is -1.12. The monoisotopic (exact) mass is 292 g/mol. The molecule has 0 aliphatic rings. The highest BCUT2D eigenvalue weighted by molar-refractivity contribution is 6.34. The Morgan fingerprint density at radius 3 is 2.75 bits per heavy atom. The van der Waals surface area contributed by atoms with Gasteiger partial charge in [-0.25, -0.2) is 9.78 Å². The van der Waals surface area contributed by atoms with Crippen LogP contribution in [-0.2, 0) is 0 Å². The van der Waals surface area contributed by atoms with Crippen molar-refractivity contribution in [3.05, 3.63) is 47.1 Å². The van der Waals surface area contributed by atoms with Gasteiger partial charge in [0.2, 0.25) is 5.88 Å². The standard InChI is InChI=1S/C14H13ClN2O3/c1-17(2)9-4-3-5-10(8-9)20-13-12(15)11(14(18)19)6-7-16-13/h3-8H,1-2H3,(H,18,19). The fraction of sp³-hybridized carbons (Fsp3) is 0.143. The van der Waals surface area contributed by atoms with Crippen molar-refractivity contribution in [3.8, 4) is 11.6 Å². The summed E-state index contributed by atoms with van der Waals surface area (Å²) < 4.78 is 5.56. The molecule has 0 spiro atoms. The lowest BCUT2D eigenvalue weighted by atomic mass is 10.2. The van der Waals surface area contributed by atoms with Crippen LogP contribution in [0.2, 0.25) is 5.02 Å². The van der Waals surface area contributed by atoms with Gasteiger partial charge >= 0.3 is 5.97 Å². The molecule has 0 unspecified atom stereocenters. The van der Waals surface area contributed by atoms with Crippen LogP contribution in [0.15, 0.2) is 36.5 Å². The smallest absolute Gasteiger partial charge is 0.337 e. The van der Waals surface area contributed by atoms with Gasteiger partial charge in [-0.2, -0.15) is 0 Å². The van der Waals surface area contributed by atoms with E-state index >= 15 is 0 Å². The molecule has 0 saturated carbocycles. The number of carboxylic acids is 1. The van der Waals surface area contributed by atoms with Gasteiger partial charge < -0.3 is 14.7 Å². The molecule has 20 heavy (non-hydrogen) atoms. The average molecular weight is 293 g/mol. The summed E-state index contributed by atoms with van der Waals surface area (Å²) in [4.78, 5) is 16.9. The molecule has 104 valence electrons. The minimum Gasteiger partial charge on any atom is -0.478 e. The molecule has 1 heterocycles. The van der Waals surface area contributed by atoms with Crippen molar-refractivity contribution in [3.63, 3.8) is 0 Å². The zero-order chi connectivity index (χ0) is 14.7. The van der Waals surface area contributed by atoms with Crippen LogP contribution < -0.4 is 9.64 Å². The SMILES string of the molecule is CN(C)c1cccc(Oc2nccc(C(=O)O)c2Cl)c1. The normalized spacial score (nSPS) is 10.2. The number of aromatic nitrogens is 1. The summed E-state index contributed by atoms with van der Waals surface area (Å²) in [5.41, 5.74) is 0.911. The number of aromatic carboxylic acids is 1. The van der Waals surface area contributed by atoms with Crippen LogP contribution in [0.1, 0.15) is 10.4 Å². The zero-order valence-electron chi connectivity index (χ0n) is 11.0. The lowest BCUT2D eigenvalue weighted by Crippen LogP contribution is -2.08. The van der Waals surface area contributed by atoms with E-state index in [0.29, 0.717) is 5.75 Å². The molecule has 0 aliphatic carbocycles. The quantitative estimate of drug-likeness (QED) is 0.937. The highest BCUT2D eigenvalue weighted by Crippen LogP contribution is 2.31. The van der Waals surface area contributed by atoms with Crippen LogP contribution in [0.4, 0.5) is 5.69 Å². The topological polar surface area (TPSA) is 62.7 Å². The molecule has 0 fully saturated rings. The molecule has 0 bridgehead atoms. The first-order chi connectivity index (χ1) is 9.49. The van der Waals surface area contributed by atoms with Gasteiger partial charge in [0.05, 0.1) is 5.56 Å². The van der Waals surface area contributed by atoms with Crippen molar-refractivity contribution in [1.29, 1.82) is 0 Å². The third-order valence-corrected chi connectivity index (χ3v) is 3.00. The fourth-order valence-corrected chi connectivity index (χ4v) is 1.83. The van der Waals surface area contributed by atoms with Crippen LogP contribution in [0.25, 0.3) is 0 Å². The van der Waals surface area contributed by atoms with E-state index in [-0.39, 0.29) is 16.5 Å². The van der Waals surface area contributed by atoms with Crippen molar-refractivity contribution in [1.82, 2.24) is 4.98 Å². The Morgan fingerprint density at radius 2 is 2.10 bits per heavy atom. The molecule has 0 radical (unpaired) electrons. The molecular weight excluding hydrogens is 280 g/mol. The molecule has 0 amide bonds. The van der Waals surface area contributed by atoms with E-state index in [4.69, 9.17) is 21.4 Å². The van der Waals surface area contributed by atoms with Crippen LogP contribution in [0.5, 0.6) is 11.6 Å². The number of hydrogen-bond donors (Lipinski definition) is 1. The summed E-state index contributed by atoms with van der Waals surface area (Å²) in [6.45, 7) is 0. The van der Waals surface area contributed by atoms with E-state index in [9.17, 15) is 4.79 Å². The van der Waals surface area contributed by atoms with Gasteiger partial charge in [0, 0.05) is 32.0 Å². The number of rotatable bonds is 4. The first kappa shape index (κ1) is 14.1. The fourth-order valence-electron chi connectivity index (χ4n) is 1.60. The maximum Gasteiger partial charge on any atom is 0.337 e. The molecule has 0 aliphatic heterocycles. The van der Waals surface area contributed by atoms with E-state index < -0.39 is 5.97 Å². The van der Waals surface area contributed by atoms with E-state index in [1.54, 1.807) is 6.07 Å². The maximum absolute atomic E-state index is 11.0. The van der Waals surface area contributed by atoms with Gasteiger partial charge in [-0.1, -0.05) is 17.7 Å². The number of carboxylic acid groups (broad SMARTS) is 1. The van der Waals surface area contributed by atoms with Gasteiger partial charge in [-0.15, -0.1) is 0 Å². The first-order valence-electron chi connectivity index (χ1n) is 5.82. The molecule has 2 aromatic rings. The average Bonchev–Trinajstić information content (AvgIpc) is 2.41. The minimum absolute atomic E-state index is 0.0183. The number of halogens is 1. The maximum atomic E-state index is 11.0. The Hall–Kier alpha value is -2.27. The Kier molecular flexibility index (Phi) is 4.10. The number of carbonyl (C=O) groups is 1. The lowest BCUT2D eigenvalue weighted by molar-refractivity contribution is 0.0696. The molecule has 0 saturated heterocycles. The molecule has 1 aromatic heterocycles. The van der Waals surface area contributed by atoms with E-state index in [1.165, 1.54) is 12.3 Å². The van der Waals surface area contributed by atoms with Crippen molar-refractivity contribution in [2.75, 3.05) is 19.0 Å². The Bertz CT molecular complexity index is 644. The van der Waals surface area contributed by atoms with Gasteiger partial charge in [0.15, 0.2) is 0 Å². The van der Waals surface area contributed by atoms with Gasteiger partial charge in [-0.3, -0.25) is 0 Å². The second kappa shape index (κ2) is 5.79. The number of anilines is 1. The Balaban J connectivity index is 2.33. The van der Waals surface area contributed by atoms with Gasteiger partial charge in [0.1, 0.15) is 10.8 Å². The summed E-state index contributed by atoms with van der Waals surface area (Å²) in [5.74, 6) is -0.514. The molecule has 1 N–H and O–H groups in total. The number of benzene rings is 1. The third-order valence-electron chi connectivity index (χ3n) is 2.64. The second-order valence-corrected chi connectivity index (χ2v) is 4.65. The van der Waals surface area contributed by atoms with Crippen LogP contribution >= 0.6 is 11.6 Å². The lowest BCUT2D eigenvalue weighted by Gasteiger charge is -2.14. The highest BCUT2D eigenvalue weighted by Gasteiger charge is 2.15. The van der Waals surface area contributed by atoms with Crippen molar-refractivity contribution in [2.45, 2.75) is 0 Å². The molecule has 5 nitrogen and oxygen atoms in total. The van der Waals surface area contributed by atoms with Crippen molar-refractivity contribution < 1.29 is 14.6 Å². The summed E-state index contributed by atoms with van der Waals surface area (Å²) in [6, 6.07) is 8.65. The molecular formula is C14H13ClN2O3. The van der Waals surface area contributed by atoms with Gasteiger partial charge in [-0.05, 0) is 18.2 Å². The number of nitrogens with zero attached hydrogens (tertiary/aromatic N) is 2. The van der Waals surface area contributed by atoms with Crippen molar-refractivity contribution in [2.24, 2.45) is 0 Å². The van der Waals surface area contributed by atoms with Gasteiger partial charge in [0.25, 0.3) is 0 Å².